The van der Waals surface area contributed by atoms with Gasteiger partial charge in [0.25, 0.3) is 11.5 Å². The monoisotopic (exact) mass is 420 g/mol. The normalized spacial score (nSPS) is 24.8. The maximum absolute atomic E-state index is 13.5. The van der Waals surface area contributed by atoms with Gasteiger partial charge in [-0.3, -0.25) is 24.0 Å². The predicted octanol–water partition coefficient (Wildman–Crippen LogP) is 0.755. The van der Waals surface area contributed by atoms with Crippen LogP contribution in [0.5, 0.6) is 0 Å². The van der Waals surface area contributed by atoms with Crippen LogP contribution < -0.4 is 26.8 Å². The average Bonchev–Trinajstić information content (AvgIpc) is 3.18. The van der Waals surface area contributed by atoms with Gasteiger partial charge in [-0.25, -0.2) is 4.79 Å². The lowest BCUT2D eigenvalue weighted by Gasteiger charge is -2.34. The highest BCUT2D eigenvalue weighted by molar-refractivity contribution is 5.96. The van der Waals surface area contributed by atoms with Crippen LogP contribution in [0.15, 0.2) is 9.59 Å². The van der Waals surface area contributed by atoms with Crippen LogP contribution >= 0.6 is 0 Å². The van der Waals surface area contributed by atoms with E-state index in [1.165, 1.54) is 15.9 Å². The van der Waals surface area contributed by atoms with Crippen molar-refractivity contribution in [3.63, 3.8) is 0 Å². The number of hydrogen-bond donors (Lipinski definition) is 3. The Morgan fingerprint density at radius 2 is 1.83 bits per heavy atom. The van der Waals surface area contributed by atoms with Crippen molar-refractivity contribution in [3.8, 4) is 0 Å². The van der Waals surface area contributed by atoms with E-state index in [2.05, 4.69) is 18.8 Å². The number of quaternary nitrogens is 1. The van der Waals surface area contributed by atoms with Crippen LogP contribution in [-0.4, -0.2) is 41.1 Å². The van der Waals surface area contributed by atoms with Crippen LogP contribution in [-0.2, 0) is 11.3 Å². The number of nitrogens with one attached hydrogen (secondary N) is 2. The number of hydrogen-bond acceptors (Lipinski definition) is 4. The van der Waals surface area contributed by atoms with Crippen molar-refractivity contribution >= 4 is 17.4 Å². The summed E-state index contributed by atoms with van der Waals surface area (Å²) in [6, 6.07) is -0.0305. The van der Waals surface area contributed by atoms with Crippen molar-refractivity contribution in [1.82, 2.24) is 9.55 Å². The van der Waals surface area contributed by atoms with E-state index < -0.39 is 11.2 Å². The quantitative estimate of drug-likeness (QED) is 0.605. The number of nitrogen functional groups attached to an aromatic ring is 1. The lowest BCUT2D eigenvalue weighted by molar-refractivity contribution is -0.904. The van der Waals surface area contributed by atoms with E-state index >= 15 is 0 Å². The Labute approximate surface area is 178 Å². The molecule has 2 heterocycles. The number of piperidine rings is 1. The molecule has 1 aromatic rings. The number of amides is 1. The van der Waals surface area contributed by atoms with Crippen LogP contribution in [0.2, 0.25) is 0 Å². The molecule has 0 bridgehead atoms. The molecule has 2 atom stereocenters. The standard InChI is InChI=1S/C22H37N5O3/c1-4-5-10-26-20(23)19(21(29)24-22(26)30)27(17-8-6-7-9-17)18(28)14-25-12-15(2)11-16(3)13-25/h15-17H,4-14,23H2,1-3H3,(H,24,29,30)/p+1/t15-,16-/m1/s1. The topological polar surface area (TPSA) is 106 Å². The third kappa shape index (κ3) is 4.96. The van der Waals surface area contributed by atoms with Gasteiger partial charge in [0, 0.05) is 24.4 Å². The molecule has 2 aliphatic rings. The molecule has 3 rings (SSSR count). The molecular weight excluding hydrogens is 382 g/mol. The van der Waals surface area contributed by atoms with Gasteiger partial charge in [-0.05, 0) is 25.7 Å². The SMILES string of the molecule is CCCCn1c(N)c(N(C(=O)C[NH+]2C[C@H](C)C[C@@H](C)C2)C2CCCC2)c(=O)[nH]c1=O. The Morgan fingerprint density at radius 3 is 2.43 bits per heavy atom. The van der Waals surface area contributed by atoms with Crippen molar-refractivity contribution in [3.05, 3.63) is 20.8 Å². The zero-order chi connectivity index (χ0) is 21.8. The number of rotatable bonds is 7. The number of carbonyl (C=O) groups excluding carboxylic acids is 1. The number of aromatic nitrogens is 2. The lowest BCUT2D eigenvalue weighted by Crippen LogP contribution is -3.15. The van der Waals surface area contributed by atoms with Crippen LogP contribution in [0.1, 0.15) is 65.7 Å². The van der Waals surface area contributed by atoms with Crippen molar-refractivity contribution in [2.75, 3.05) is 30.3 Å². The number of carbonyl (C=O) groups is 1. The zero-order valence-corrected chi connectivity index (χ0v) is 18.7. The number of unbranched alkanes of at least 4 members (excludes halogenated alkanes) is 1. The van der Waals surface area contributed by atoms with E-state index in [1.54, 1.807) is 4.90 Å². The van der Waals surface area contributed by atoms with Crippen molar-refractivity contribution < 1.29 is 9.69 Å². The summed E-state index contributed by atoms with van der Waals surface area (Å²) in [4.78, 5) is 44.0. The van der Waals surface area contributed by atoms with Gasteiger partial charge >= 0.3 is 5.69 Å². The molecule has 168 valence electrons. The minimum atomic E-state index is -0.555. The average molecular weight is 421 g/mol. The van der Waals surface area contributed by atoms with E-state index in [9.17, 15) is 14.4 Å². The summed E-state index contributed by atoms with van der Waals surface area (Å²) in [7, 11) is 0. The number of nitrogens with two attached hydrogens (primary N) is 1. The van der Waals surface area contributed by atoms with E-state index in [0.29, 0.717) is 24.9 Å². The molecule has 0 radical (unpaired) electrons. The zero-order valence-electron chi connectivity index (χ0n) is 18.7. The molecule has 8 heteroatoms. The molecule has 0 unspecified atom stereocenters. The van der Waals surface area contributed by atoms with Crippen molar-refractivity contribution in [2.45, 2.75) is 78.3 Å². The van der Waals surface area contributed by atoms with E-state index in [4.69, 9.17) is 5.73 Å². The first kappa shape index (κ1) is 22.6. The van der Waals surface area contributed by atoms with Gasteiger partial charge in [-0.2, -0.15) is 0 Å². The van der Waals surface area contributed by atoms with E-state index in [1.807, 2.05) is 6.92 Å². The number of H-pyrrole nitrogens is 1. The molecule has 4 N–H and O–H groups in total. The smallest absolute Gasteiger partial charge is 0.330 e. The van der Waals surface area contributed by atoms with Gasteiger partial charge in [-0.15, -0.1) is 0 Å². The second kappa shape index (κ2) is 9.81. The third-order valence-electron chi connectivity index (χ3n) is 6.63. The molecule has 1 aliphatic heterocycles. The van der Waals surface area contributed by atoms with Crippen LogP contribution in [0.3, 0.4) is 0 Å². The first-order chi connectivity index (χ1) is 14.3. The van der Waals surface area contributed by atoms with Gasteiger partial charge < -0.3 is 10.6 Å². The number of anilines is 2. The van der Waals surface area contributed by atoms with Gasteiger partial charge in [-0.1, -0.05) is 40.0 Å². The summed E-state index contributed by atoms with van der Waals surface area (Å²) in [6.45, 7) is 9.24. The van der Waals surface area contributed by atoms with Gasteiger partial charge in [0.15, 0.2) is 12.2 Å². The van der Waals surface area contributed by atoms with Gasteiger partial charge in [0.05, 0.1) is 13.1 Å². The van der Waals surface area contributed by atoms with Crippen LogP contribution in [0.25, 0.3) is 0 Å². The summed E-state index contributed by atoms with van der Waals surface area (Å²) >= 11 is 0. The van der Waals surface area contributed by atoms with Gasteiger partial charge in [0.1, 0.15) is 5.82 Å². The Hall–Kier alpha value is -2.09. The lowest BCUT2D eigenvalue weighted by atomic mass is 9.92. The molecule has 0 spiro atoms. The maximum atomic E-state index is 13.5. The second-order valence-corrected chi connectivity index (χ2v) is 9.48. The predicted molar refractivity (Wildman–Crippen MR) is 119 cm³/mol. The molecule has 30 heavy (non-hydrogen) atoms. The minimum Gasteiger partial charge on any atom is -0.383 e. The molecule has 0 aromatic carbocycles. The fourth-order valence-electron chi connectivity index (χ4n) is 5.39. The summed E-state index contributed by atoms with van der Waals surface area (Å²) in [6.07, 6.45) is 6.67. The van der Waals surface area contributed by atoms with Crippen molar-refractivity contribution in [1.29, 1.82) is 0 Å². The Balaban J connectivity index is 1.95. The molecule has 1 amide bonds. The Kier molecular flexibility index (Phi) is 7.39. The van der Waals surface area contributed by atoms with Crippen LogP contribution in [0.4, 0.5) is 11.5 Å². The van der Waals surface area contributed by atoms with Crippen molar-refractivity contribution in [2.24, 2.45) is 11.8 Å². The maximum Gasteiger partial charge on any atom is 0.330 e. The molecule has 8 nitrogen and oxygen atoms in total. The largest absolute Gasteiger partial charge is 0.383 e. The summed E-state index contributed by atoms with van der Waals surface area (Å²) in [5.41, 5.74) is 5.46. The third-order valence-corrected chi connectivity index (χ3v) is 6.63. The first-order valence-electron chi connectivity index (χ1n) is 11.6. The highest BCUT2D eigenvalue weighted by Crippen LogP contribution is 2.29. The molecule has 1 saturated heterocycles. The highest BCUT2D eigenvalue weighted by Gasteiger charge is 2.35. The van der Waals surface area contributed by atoms with Crippen LogP contribution in [0, 0.1) is 11.8 Å². The number of likely N-dealkylation sites (tertiary alicyclic amines) is 1. The second-order valence-electron chi connectivity index (χ2n) is 9.48. The molecule has 1 saturated carbocycles. The fraction of sp³-hybridized carbons (Fsp3) is 0.773. The Morgan fingerprint density at radius 1 is 1.20 bits per heavy atom. The Bertz CT molecular complexity index is 845. The molecule has 2 fully saturated rings. The minimum absolute atomic E-state index is 0.0305. The summed E-state index contributed by atoms with van der Waals surface area (Å²) in [5, 5.41) is 0. The number of aromatic amines is 1. The summed E-state index contributed by atoms with van der Waals surface area (Å²) in [5.74, 6) is 1.23. The highest BCUT2D eigenvalue weighted by atomic mass is 16.2. The molecule has 1 aliphatic carbocycles. The first-order valence-corrected chi connectivity index (χ1v) is 11.6. The summed E-state index contributed by atoms with van der Waals surface area (Å²) < 4.78 is 1.41. The van der Waals surface area contributed by atoms with E-state index in [0.717, 1.165) is 51.6 Å². The fourth-order valence-corrected chi connectivity index (χ4v) is 5.39. The molecular formula is C22H38N5O3+. The van der Waals surface area contributed by atoms with E-state index in [-0.39, 0.29) is 23.5 Å². The number of nitrogens with zero attached hydrogens (tertiary/aromatic N) is 2. The van der Waals surface area contributed by atoms with Gasteiger partial charge in [0.2, 0.25) is 0 Å². The molecule has 1 aromatic heterocycles.